The highest BCUT2D eigenvalue weighted by Crippen LogP contribution is 2.29. The Morgan fingerprint density at radius 3 is 2.62 bits per heavy atom. The average molecular weight is 524 g/mol. The third-order valence-corrected chi connectivity index (χ3v) is 6.50. The number of amides is 1. The van der Waals surface area contributed by atoms with Gasteiger partial charge in [-0.25, -0.2) is 15.0 Å². The summed E-state index contributed by atoms with van der Waals surface area (Å²) in [7, 11) is 6.05. The smallest absolute Gasteiger partial charge is 0.248 e. The minimum atomic E-state index is -0.175. The predicted octanol–water partition coefficient (Wildman–Crippen LogP) is 3.64. The first-order valence-corrected chi connectivity index (χ1v) is 12.9. The molecule has 0 unspecified atom stereocenters. The molecule has 5 rings (SSSR count). The fraction of sp³-hybridized carbons (Fsp3) is 0.276. The van der Waals surface area contributed by atoms with E-state index in [4.69, 9.17) is 4.98 Å². The second-order valence-electron chi connectivity index (χ2n) is 9.87. The molecule has 0 spiro atoms. The van der Waals surface area contributed by atoms with Crippen LogP contribution in [0, 0.1) is 0 Å². The van der Waals surface area contributed by atoms with E-state index in [2.05, 4.69) is 42.4 Å². The van der Waals surface area contributed by atoms with Crippen LogP contribution < -0.4 is 15.5 Å². The molecule has 10 nitrogen and oxygen atoms in total. The maximum atomic E-state index is 12.3. The lowest BCUT2D eigenvalue weighted by Crippen LogP contribution is -2.44. The Labute approximate surface area is 228 Å². The minimum absolute atomic E-state index is 0.175. The lowest BCUT2D eigenvalue weighted by Gasteiger charge is -2.33. The summed E-state index contributed by atoms with van der Waals surface area (Å²) >= 11 is 0. The van der Waals surface area contributed by atoms with E-state index in [1.807, 2.05) is 67.7 Å². The fourth-order valence-corrected chi connectivity index (χ4v) is 4.36. The predicted molar refractivity (Wildman–Crippen MR) is 156 cm³/mol. The molecule has 2 N–H and O–H groups in total. The molecule has 0 atom stereocenters. The van der Waals surface area contributed by atoms with Gasteiger partial charge in [-0.2, -0.15) is 0 Å². The van der Waals surface area contributed by atoms with E-state index in [-0.39, 0.29) is 5.91 Å². The quantitative estimate of drug-likeness (QED) is 0.335. The van der Waals surface area contributed by atoms with Crippen LogP contribution in [-0.2, 0) is 4.79 Å². The Morgan fingerprint density at radius 2 is 1.85 bits per heavy atom. The van der Waals surface area contributed by atoms with Crippen LogP contribution in [0.3, 0.4) is 0 Å². The molecular weight excluding hydrogens is 490 g/mol. The van der Waals surface area contributed by atoms with Gasteiger partial charge in [-0.3, -0.25) is 9.78 Å². The van der Waals surface area contributed by atoms with E-state index >= 15 is 0 Å². The normalized spacial score (nSPS) is 14.3. The van der Waals surface area contributed by atoms with Gasteiger partial charge in [-0.15, -0.1) is 0 Å². The molecule has 1 aromatic carbocycles. The summed E-state index contributed by atoms with van der Waals surface area (Å²) in [6.45, 7) is 4.71. The van der Waals surface area contributed by atoms with E-state index in [9.17, 15) is 4.79 Å². The van der Waals surface area contributed by atoms with Crippen LogP contribution in [0.2, 0.25) is 0 Å². The van der Waals surface area contributed by atoms with Crippen molar-refractivity contribution in [3.05, 3.63) is 73.3 Å². The maximum absolute atomic E-state index is 12.3. The second-order valence-corrected chi connectivity index (χ2v) is 9.87. The molecule has 200 valence electrons. The van der Waals surface area contributed by atoms with Gasteiger partial charge in [0, 0.05) is 74.0 Å². The number of nitrogens with one attached hydrogen (secondary N) is 2. The van der Waals surface area contributed by atoms with E-state index < -0.39 is 0 Å². The van der Waals surface area contributed by atoms with Crippen molar-refractivity contribution in [2.24, 2.45) is 0 Å². The van der Waals surface area contributed by atoms with E-state index in [0.717, 1.165) is 59.7 Å². The maximum Gasteiger partial charge on any atom is 0.248 e. The zero-order valence-electron chi connectivity index (χ0n) is 22.5. The van der Waals surface area contributed by atoms with Crippen molar-refractivity contribution >= 4 is 40.0 Å². The molecule has 0 bridgehead atoms. The number of fused-ring (bicyclic) bond motifs is 1. The van der Waals surface area contributed by atoms with Crippen molar-refractivity contribution < 1.29 is 4.79 Å². The number of hydrogen-bond donors (Lipinski definition) is 2. The van der Waals surface area contributed by atoms with Gasteiger partial charge in [0.1, 0.15) is 5.82 Å². The monoisotopic (exact) mass is 523 g/mol. The number of nitrogens with zero attached hydrogens (tertiary/aromatic N) is 7. The number of aromatic nitrogens is 4. The third-order valence-electron chi connectivity index (χ3n) is 6.50. The molecule has 10 heteroatoms. The zero-order valence-corrected chi connectivity index (χ0v) is 22.5. The second kappa shape index (κ2) is 12.0. The van der Waals surface area contributed by atoms with E-state index in [0.29, 0.717) is 18.2 Å². The Hall–Kier alpha value is -4.41. The highest BCUT2D eigenvalue weighted by molar-refractivity contribution is 6.00. The first kappa shape index (κ1) is 26.2. The minimum Gasteiger partial charge on any atom is -0.354 e. The summed E-state index contributed by atoms with van der Waals surface area (Å²) in [4.78, 5) is 37.3. The van der Waals surface area contributed by atoms with Gasteiger partial charge in [0.05, 0.1) is 17.4 Å². The van der Waals surface area contributed by atoms with Crippen LogP contribution in [0.4, 0.5) is 23.1 Å². The molecule has 39 heavy (non-hydrogen) atoms. The molecule has 0 aliphatic carbocycles. The lowest BCUT2D eigenvalue weighted by atomic mass is 10.0. The summed E-state index contributed by atoms with van der Waals surface area (Å²) in [5, 5.41) is 7.02. The van der Waals surface area contributed by atoms with Crippen LogP contribution in [0.1, 0.15) is 0 Å². The first-order chi connectivity index (χ1) is 18.9. The number of anilines is 4. The van der Waals surface area contributed by atoms with Crippen LogP contribution >= 0.6 is 0 Å². The van der Waals surface area contributed by atoms with Crippen LogP contribution in [0.15, 0.2) is 73.3 Å². The third kappa shape index (κ3) is 6.73. The number of piperazine rings is 1. The van der Waals surface area contributed by atoms with E-state index in [1.165, 1.54) is 0 Å². The Kier molecular flexibility index (Phi) is 8.04. The number of likely N-dealkylation sites (N-methyl/N-ethyl adjacent to an activating group) is 2. The summed E-state index contributed by atoms with van der Waals surface area (Å²) in [6.07, 6.45) is 10.5. The SMILES string of the molecule is CN(C)C/C=C/C(=O)Nc1cccc(-c2cncc3cnc(Nc4ccc(N5CCN(C)CC5)nc4)nc23)c1. The summed E-state index contributed by atoms with van der Waals surface area (Å²) in [5.74, 6) is 1.27. The van der Waals surface area contributed by atoms with Gasteiger partial charge in [0.25, 0.3) is 0 Å². The molecule has 0 radical (unpaired) electrons. The van der Waals surface area contributed by atoms with Gasteiger partial charge in [-0.1, -0.05) is 18.2 Å². The molecule has 1 aliphatic rings. The van der Waals surface area contributed by atoms with Crippen LogP contribution in [0.5, 0.6) is 0 Å². The van der Waals surface area contributed by atoms with Crippen molar-refractivity contribution in [3.8, 4) is 11.1 Å². The fourth-order valence-electron chi connectivity index (χ4n) is 4.36. The van der Waals surface area contributed by atoms with Gasteiger partial charge in [0.2, 0.25) is 11.9 Å². The summed E-state index contributed by atoms with van der Waals surface area (Å²) < 4.78 is 0. The molecule has 1 amide bonds. The molecule has 1 fully saturated rings. The Balaban J connectivity index is 1.34. The Bertz CT molecular complexity index is 1460. The van der Waals surface area contributed by atoms with Crippen LogP contribution in [0.25, 0.3) is 22.0 Å². The number of carbonyl (C=O) groups is 1. The Morgan fingerprint density at radius 1 is 1.00 bits per heavy atom. The topological polar surface area (TPSA) is 102 Å². The molecule has 3 aromatic heterocycles. The largest absolute Gasteiger partial charge is 0.354 e. The van der Waals surface area contributed by atoms with E-state index in [1.54, 1.807) is 24.7 Å². The summed E-state index contributed by atoms with van der Waals surface area (Å²) in [5.41, 5.74) is 4.02. The van der Waals surface area contributed by atoms with Crippen molar-refractivity contribution in [3.63, 3.8) is 0 Å². The van der Waals surface area contributed by atoms with Crippen molar-refractivity contribution in [2.45, 2.75) is 0 Å². The number of pyridine rings is 2. The molecule has 4 heterocycles. The number of hydrogen-bond acceptors (Lipinski definition) is 9. The average Bonchev–Trinajstić information content (AvgIpc) is 2.93. The molecular formula is C29H33N9O. The molecule has 4 aromatic rings. The number of carbonyl (C=O) groups excluding carboxylic acids is 1. The van der Waals surface area contributed by atoms with Crippen molar-refractivity contribution in [2.75, 3.05) is 69.4 Å². The number of rotatable bonds is 8. The van der Waals surface area contributed by atoms with Gasteiger partial charge < -0.3 is 25.3 Å². The van der Waals surface area contributed by atoms with Crippen LogP contribution in [-0.4, -0.2) is 89.5 Å². The zero-order chi connectivity index (χ0) is 27.2. The standard InChI is InChI=1S/C29H33N9O/c1-36(2)11-5-8-27(39)33-23-7-4-6-21(16-23)25-20-30-17-22-18-32-29(35-28(22)25)34-24-9-10-26(31-19-24)38-14-12-37(3)13-15-38/h4-10,16-20H,11-15H2,1-3H3,(H,33,39)(H,32,34,35)/b8-5+. The van der Waals surface area contributed by atoms with Crippen molar-refractivity contribution in [1.29, 1.82) is 0 Å². The highest BCUT2D eigenvalue weighted by Gasteiger charge is 2.15. The van der Waals surface area contributed by atoms with Gasteiger partial charge >= 0.3 is 0 Å². The number of benzene rings is 1. The van der Waals surface area contributed by atoms with Gasteiger partial charge in [-0.05, 0) is 51.0 Å². The molecule has 0 saturated carbocycles. The molecule has 1 aliphatic heterocycles. The van der Waals surface area contributed by atoms with Crippen molar-refractivity contribution in [1.82, 2.24) is 29.7 Å². The summed E-state index contributed by atoms with van der Waals surface area (Å²) in [6, 6.07) is 11.7. The molecule has 1 saturated heterocycles. The van der Waals surface area contributed by atoms with Gasteiger partial charge in [0.15, 0.2) is 0 Å². The first-order valence-electron chi connectivity index (χ1n) is 12.9. The lowest BCUT2D eigenvalue weighted by molar-refractivity contribution is -0.111. The highest BCUT2D eigenvalue weighted by atomic mass is 16.1.